The molecule has 1 saturated heterocycles. The zero-order valence-electron chi connectivity index (χ0n) is 8.21. The second kappa shape index (κ2) is 5.87. The molecule has 78 valence electrons. The van der Waals surface area contributed by atoms with E-state index < -0.39 is 5.38 Å². The van der Waals surface area contributed by atoms with Gasteiger partial charge in [0, 0.05) is 13.0 Å². The average molecular weight is 215 g/mol. The Morgan fingerprint density at radius 2 is 2.14 bits per heavy atom. The van der Waals surface area contributed by atoms with Crippen LogP contribution in [0, 0.1) is 11.3 Å². The van der Waals surface area contributed by atoms with Crippen molar-refractivity contribution in [2.75, 3.05) is 13.1 Å². The molecule has 1 atom stereocenters. The summed E-state index contributed by atoms with van der Waals surface area (Å²) in [5, 5.41) is 7.99. The van der Waals surface area contributed by atoms with Gasteiger partial charge in [-0.3, -0.25) is 4.79 Å². The molecular formula is C10H15ClN2O. The van der Waals surface area contributed by atoms with Crippen LogP contribution in [0.1, 0.15) is 32.1 Å². The van der Waals surface area contributed by atoms with Crippen LogP contribution >= 0.6 is 11.6 Å². The minimum atomic E-state index is -0.571. The highest BCUT2D eigenvalue weighted by molar-refractivity contribution is 6.22. The summed E-state index contributed by atoms with van der Waals surface area (Å²) in [6.45, 7) is 1.13. The lowest BCUT2D eigenvalue weighted by molar-refractivity contribution is -0.131. The third kappa shape index (κ3) is 3.55. The minimum Gasteiger partial charge on any atom is -0.340 e. The van der Waals surface area contributed by atoms with E-state index in [-0.39, 0.29) is 5.91 Å². The first-order valence-corrected chi connectivity index (χ1v) is 5.49. The summed E-state index contributed by atoms with van der Waals surface area (Å²) in [5.41, 5.74) is 0. The summed E-state index contributed by atoms with van der Waals surface area (Å²) in [5.74, 6) is 0.144. The summed E-state index contributed by atoms with van der Waals surface area (Å²) in [4.78, 5) is 13.3. The van der Waals surface area contributed by atoms with Crippen LogP contribution < -0.4 is 0 Å². The lowest BCUT2D eigenvalue weighted by Gasteiger charge is -2.24. The van der Waals surface area contributed by atoms with Crippen LogP contribution in [0.4, 0.5) is 0 Å². The molecule has 4 heteroatoms. The number of carbonyl (C=O) groups is 1. The third-order valence-corrected chi connectivity index (χ3v) is 2.68. The van der Waals surface area contributed by atoms with E-state index >= 15 is 0 Å². The van der Waals surface area contributed by atoms with E-state index in [9.17, 15) is 4.79 Å². The predicted octanol–water partition coefficient (Wildman–Crippen LogP) is 1.91. The molecule has 3 nitrogen and oxygen atoms in total. The number of likely N-dealkylation sites (tertiary alicyclic amines) is 1. The molecule has 14 heavy (non-hydrogen) atoms. The molecule has 1 rings (SSSR count). The van der Waals surface area contributed by atoms with Gasteiger partial charge in [-0.2, -0.15) is 5.26 Å². The van der Waals surface area contributed by atoms with Crippen molar-refractivity contribution >= 4 is 17.5 Å². The summed E-state index contributed by atoms with van der Waals surface area (Å²) in [7, 11) is 0. The van der Waals surface area contributed by atoms with Gasteiger partial charge in [0.2, 0.25) is 5.91 Å². The monoisotopic (exact) mass is 214 g/mol. The molecule has 0 aromatic heterocycles. The largest absolute Gasteiger partial charge is 0.340 e. The number of hydrogen-bond acceptors (Lipinski definition) is 2. The first-order chi connectivity index (χ1) is 6.74. The Balaban J connectivity index is 2.46. The van der Waals surface area contributed by atoms with E-state index in [0.29, 0.717) is 13.0 Å². The van der Waals surface area contributed by atoms with Crippen molar-refractivity contribution in [3.05, 3.63) is 0 Å². The third-order valence-electron chi connectivity index (χ3n) is 2.44. The lowest BCUT2D eigenvalue weighted by atomic mass is 10.1. The topological polar surface area (TPSA) is 44.1 Å². The Kier molecular flexibility index (Phi) is 4.75. The van der Waals surface area contributed by atoms with Gasteiger partial charge >= 0.3 is 0 Å². The molecule has 1 aliphatic rings. The van der Waals surface area contributed by atoms with E-state index in [4.69, 9.17) is 16.9 Å². The number of rotatable bonds is 2. The Bertz CT molecular complexity index is 237. The summed E-state index contributed by atoms with van der Waals surface area (Å²) < 4.78 is 0. The Morgan fingerprint density at radius 1 is 1.43 bits per heavy atom. The standard InChI is InChI=1S/C10H15ClN2O/c11-9(7-12)8-13-6-4-2-1-3-5-10(13)14/h9H,1-6,8H2. The number of nitriles is 1. The molecule has 0 radical (unpaired) electrons. The van der Waals surface area contributed by atoms with Crippen molar-refractivity contribution in [2.24, 2.45) is 0 Å². The molecule has 0 bridgehead atoms. The van der Waals surface area contributed by atoms with Crippen molar-refractivity contribution in [2.45, 2.75) is 37.5 Å². The smallest absolute Gasteiger partial charge is 0.222 e. The van der Waals surface area contributed by atoms with E-state index in [0.717, 1.165) is 25.8 Å². The van der Waals surface area contributed by atoms with Crippen LogP contribution in [0.3, 0.4) is 0 Å². The average Bonchev–Trinajstić information content (AvgIpc) is 2.17. The molecule has 0 aromatic carbocycles. The van der Waals surface area contributed by atoms with E-state index in [1.165, 1.54) is 6.42 Å². The first-order valence-electron chi connectivity index (χ1n) is 5.05. The Labute approximate surface area is 89.6 Å². The fourth-order valence-corrected chi connectivity index (χ4v) is 1.81. The molecule has 0 aliphatic carbocycles. The minimum absolute atomic E-state index is 0.144. The molecule has 1 aliphatic heterocycles. The molecule has 1 fully saturated rings. The van der Waals surface area contributed by atoms with E-state index in [1.54, 1.807) is 4.90 Å². The fraction of sp³-hybridized carbons (Fsp3) is 0.800. The maximum atomic E-state index is 11.6. The van der Waals surface area contributed by atoms with Crippen LogP contribution in [0.5, 0.6) is 0 Å². The van der Waals surface area contributed by atoms with Gasteiger partial charge in [-0.25, -0.2) is 0 Å². The van der Waals surface area contributed by atoms with Gasteiger partial charge in [0.05, 0.1) is 12.6 Å². The molecule has 0 N–H and O–H groups in total. The maximum absolute atomic E-state index is 11.6. The van der Waals surface area contributed by atoms with Gasteiger partial charge in [-0.1, -0.05) is 12.8 Å². The van der Waals surface area contributed by atoms with Gasteiger partial charge in [0.15, 0.2) is 0 Å². The molecule has 0 saturated carbocycles. The second-order valence-electron chi connectivity index (χ2n) is 3.60. The van der Waals surface area contributed by atoms with Crippen molar-refractivity contribution in [1.82, 2.24) is 4.90 Å². The zero-order valence-corrected chi connectivity index (χ0v) is 8.96. The van der Waals surface area contributed by atoms with E-state index in [1.807, 2.05) is 6.07 Å². The van der Waals surface area contributed by atoms with Crippen LogP contribution in [0.25, 0.3) is 0 Å². The first kappa shape index (κ1) is 11.3. The highest BCUT2D eigenvalue weighted by atomic mass is 35.5. The van der Waals surface area contributed by atoms with Crippen LogP contribution in [-0.2, 0) is 4.79 Å². The van der Waals surface area contributed by atoms with Gasteiger partial charge in [0.25, 0.3) is 0 Å². The zero-order chi connectivity index (χ0) is 10.4. The van der Waals surface area contributed by atoms with Gasteiger partial charge in [-0.05, 0) is 12.8 Å². The number of alkyl halides is 1. The number of halogens is 1. The van der Waals surface area contributed by atoms with Crippen molar-refractivity contribution < 1.29 is 4.79 Å². The van der Waals surface area contributed by atoms with Gasteiger partial charge < -0.3 is 4.90 Å². The van der Waals surface area contributed by atoms with Gasteiger partial charge in [0.1, 0.15) is 5.38 Å². The molecule has 1 unspecified atom stereocenters. The molecule has 0 aromatic rings. The highest BCUT2D eigenvalue weighted by Gasteiger charge is 2.18. The molecular weight excluding hydrogens is 200 g/mol. The summed E-state index contributed by atoms with van der Waals surface area (Å²) in [6, 6.07) is 1.94. The molecule has 1 heterocycles. The maximum Gasteiger partial charge on any atom is 0.222 e. The quantitative estimate of drug-likeness (QED) is 0.660. The summed E-state index contributed by atoms with van der Waals surface area (Å²) >= 11 is 5.70. The number of nitrogens with zero attached hydrogens (tertiary/aromatic N) is 2. The highest BCUT2D eigenvalue weighted by Crippen LogP contribution is 2.12. The SMILES string of the molecule is N#CC(Cl)CN1CCCCCCC1=O. The van der Waals surface area contributed by atoms with Gasteiger partial charge in [-0.15, -0.1) is 11.6 Å². The van der Waals surface area contributed by atoms with Crippen molar-refractivity contribution in [1.29, 1.82) is 5.26 Å². The molecule has 0 spiro atoms. The normalized spacial score (nSPS) is 20.9. The Morgan fingerprint density at radius 3 is 2.86 bits per heavy atom. The lowest BCUT2D eigenvalue weighted by Crippen LogP contribution is -2.36. The predicted molar refractivity (Wildman–Crippen MR) is 54.9 cm³/mol. The van der Waals surface area contributed by atoms with Crippen molar-refractivity contribution in [3.63, 3.8) is 0 Å². The number of hydrogen-bond donors (Lipinski definition) is 0. The van der Waals surface area contributed by atoms with Crippen LogP contribution in [0.15, 0.2) is 0 Å². The van der Waals surface area contributed by atoms with Crippen LogP contribution in [-0.4, -0.2) is 29.3 Å². The summed E-state index contributed by atoms with van der Waals surface area (Å²) in [6.07, 6.45) is 4.91. The second-order valence-corrected chi connectivity index (χ2v) is 4.13. The molecule has 1 amide bonds. The fourth-order valence-electron chi connectivity index (χ4n) is 1.64. The number of carbonyl (C=O) groups excluding carboxylic acids is 1. The van der Waals surface area contributed by atoms with E-state index in [2.05, 4.69) is 0 Å². The van der Waals surface area contributed by atoms with Crippen LogP contribution in [0.2, 0.25) is 0 Å². The number of amides is 1. The Hall–Kier alpha value is -0.750. The van der Waals surface area contributed by atoms with Crippen molar-refractivity contribution in [3.8, 4) is 6.07 Å².